The quantitative estimate of drug-likeness (QED) is 0.779. The lowest BCUT2D eigenvalue weighted by atomic mass is 10.1. The van der Waals surface area contributed by atoms with Crippen molar-refractivity contribution >= 4 is 5.69 Å². The Kier molecular flexibility index (Phi) is 5.34. The highest BCUT2D eigenvalue weighted by Gasteiger charge is 2.10. The average molecular weight is 282 g/mol. The monoisotopic (exact) mass is 282 g/mol. The van der Waals surface area contributed by atoms with Gasteiger partial charge in [0, 0.05) is 18.8 Å². The zero-order valence-electron chi connectivity index (χ0n) is 12.2. The number of unbranched alkanes of at least 4 members (excludes halogenated alkanes) is 1. The van der Waals surface area contributed by atoms with Crippen molar-refractivity contribution in [1.82, 2.24) is 0 Å². The third-order valence-corrected chi connectivity index (χ3v) is 3.45. The molecule has 3 heteroatoms. The lowest BCUT2D eigenvalue weighted by Gasteiger charge is -2.25. The van der Waals surface area contributed by atoms with Gasteiger partial charge in [-0.25, -0.2) is 4.39 Å². The summed E-state index contributed by atoms with van der Waals surface area (Å²) in [5.74, 6) is -0.299. The Bertz CT molecular complexity index is 617. The van der Waals surface area contributed by atoms with Gasteiger partial charge in [0.25, 0.3) is 0 Å². The van der Waals surface area contributed by atoms with E-state index in [1.807, 2.05) is 30.3 Å². The molecule has 0 aromatic heterocycles. The minimum atomic E-state index is -0.299. The summed E-state index contributed by atoms with van der Waals surface area (Å²) in [6.07, 6.45) is 2.16. The molecular formula is C18H19FN2. The predicted octanol–water partition coefficient (Wildman–Crippen LogP) is 4.50. The smallest absolute Gasteiger partial charge is 0.123 e. The van der Waals surface area contributed by atoms with Crippen LogP contribution in [0, 0.1) is 17.1 Å². The van der Waals surface area contributed by atoms with E-state index in [2.05, 4.69) is 17.9 Å². The fourth-order valence-corrected chi connectivity index (χ4v) is 2.30. The molecule has 2 rings (SSSR count). The van der Waals surface area contributed by atoms with Gasteiger partial charge >= 0.3 is 0 Å². The second kappa shape index (κ2) is 7.44. The number of benzene rings is 2. The lowest BCUT2D eigenvalue weighted by molar-refractivity contribution is 0.623. The van der Waals surface area contributed by atoms with E-state index in [-0.39, 0.29) is 5.82 Å². The fourth-order valence-electron chi connectivity index (χ4n) is 2.30. The largest absolute Gasteiger partial charge is 0.367 e. The molecule has 0 bridgehead atoms. The molecule has 0 fully saturated rings. The number of nitrogens with zero attached hydrogens (tertiary/aromatic N) is 2. The SMILES string of the molecule is CCCCN(Cc1cc(F)ccc1C#N)c1ccccc1. The predicted molar refractivity (Wildman–Crippen MR) is 83.5 cm³/mol. The molecule has 0 unspecified atom stereocenters. The second-order valence-corrected chi connectivity index (χ2v) is 5.02. The molecule has 0 aliphatic rings. The van der Waals surface area contributed by atoms with Crippen LogP contribution in [-0.2, 0) is 6.54 Å². The van der Waals surface area contributed by atoms with Crippen LogP contribution in [0.3, 0.4) is 0 Å². The van der Waals surface area contributed by atoms with E-state index < -0.39 is 0 Å². The topological polar surface area (TPSA) is 27.0 Å². The molecule has 2 aromatic carbocycles. The van der Waals surface area contributed by atoms with Crippen LogP contribution in [0.1, 0.15) is 30.9 Å². The van der Waals surface area contributed by atoms with Crippen molar-refractivity contribution in [2.75, 3.05) is 11.4 Å². The summed E-state index contributed by atoms with van der Waals surface area (Å²) in [4.78, 5) is 2.19. The summed E-state index contributed by atoms with van der Waals surface area (Å²) in [6.45, 7) is 3.58. The first-order valence-electron chi connectivity index (χ1n) is 7.23. The Morgan fingerprint density at radius 2 is 1.90 bits per heavy atom. The molecule has 0 heterocycles. The van der Waals surface area contributed by atoms with Crippen LogP contribution in [0.5, 0.6) is 0 Å². The summed E-state index contributed by atoms with van der Waals surface area (Å²) in [7, 11) is 0. The van der Waals surface area contributed by atoms with E-state index in [9.17, 15) is 9.65 Å². The van der Waals surface area contributed by atoms with Gasteiger partial charge in [-0.3, -0.25) is 0 Å². The molecule has 0 aliphatic carbocycles. The van der Waals surface area contributed by atoms with Crippen molar-refractivity contribution in [2.24, 2.45) is 0 Å². The van der Waals surface area contributed by atoms with Gasteiger partial charge in [0.15, 0.2) is 0 Å². The van der Waals surface area contributed by atoms with E-state index in [0.717, 1.165) is 30.6 Å². The third-order valence-electron chi connectivity index (χ3n) is 3.45. The highest BCUT2D eigenvalue weighted by atomic mass is 19.1. The maximum atomic E-state index is 13.5. The number of nitriles is 1. The molecule has 0 N–H and O–H groups in total. The van der Waals surface area contributed by atoms with Gasteiger partial charge in [-0.1, -0.05) is 31.5 Å². The van der Waals surface area contributed by atoms with Gasteiger partial charge in [0.2, 0.25) is 0 Å². The molecule has 0 radical (unpaired) electrons. The minimum Gasteiger partial charge on any atom is -0.367 e. The Hall–Kier alpha value is -2.34. The van der Waals surface area contributed by atoms with E-state index in [4.69, 9.17) is 0 Å². The van der Waals surface area contributed by atoms with Gasteiger partial charge in [0.1, 0.15) is 5.82 Å². The van der Waals surface area contributed by atoms with Crippen LogP contribution in [0.2, 0.25) is 0 Å². The molecule has 0 amide bonds. The first-order valence-corrected chi connectivity index (χ1v) is 7.23. The molecule has 0 aliphatic heterocycles. The lowest BCUT2D eigenvalue weighted by Crippen LogP contribution is -2.24. The average Bonchev–Trinajstić information content (AvgIpc) is 2.52. The molecule has 0 atom stereocenters. The van der Waals surface area contributed by atoms with Crippen LogP contribution < -0.4 is 4.90 Å². The first kappa shape index (κ1) is 15.1. The van der Waals surface area contributed by atoms with Gasteiger partial charge in [-0.2, -0.15) is 5.26 Å². The molecular weight excluding hydrogens is 263 g/mol. The Morgan fingerprint density at radius 3 is 2.57 bits per heavy atom. The number of rotatable bonds is 6. The standard InChI is InChI=1S/C18H19FN2/c1-2-3-11-21(18-7-5-4-6-8-18)14-16-12-17(19)10-9-15(16)13-20/h4-10,12H,2-3,11,14H2,1H3. The van der Waals surface area contributed by atoms with Crippen LogP contribution in [-0.4, -0.2) is 6.54 Å². The van der Waals surface area contributed by atoms with Gasteiger partial charge in [-0.15, -0.1) is 0 Å². The van der Waals surface area contributed by atoms with E-state index in [1.165, 1.54) is 12.1 Å². The summed E-state index contributed by atoms with van der Waals surface area (Å²) in [5, 5.41) is 9.18. The number of anilines is 1. The van der Waals surface area contributed by atoms with Crippen LogP contribution in [0.25, 0.3) is 0 Å². The maximum Gasteiger partial charge on any atom is 0.123 e. The molecule has 0 spiro atoms. The first-order chi connectivity index (χ1) is 10.2. The summed E-state index contributed by atoms with van der Waals surface area (Å²) in [5.41, 5.74) is 2.37. The molecule has 0 saturated carbocycles. The van der Waals surface area contributed by atoms with Crippen molar-refractivity contribution in [3.63, 3.8) is 0 Å². The van der Waals surface area contributed by atoms with Crippen molar-refractivity contribution in [1.29, 1.82) is 5.26 Å². The minimum absolute atomic E-state index is 0.299. The number of halogens is 1. The van der Waals surface area contributed by atoms with E-state index >= 15 is 0 Å². The summed E-state index contributed by atoms with van der Waals surface area (Å²) < 4.78 is 13.5. The highest BCUT2D eigenvalue weighted by Crippen LogP contribution is 2.20. The molecule has 108 valence electrons. The summed E-state index contributed by atoms with van der Waals surface area (Å²) in [6, 6.07) is 16.5. The van der Waals surface area contributed by atoms with Crippen molar-refractivity contribution < 1.29 is 4.39 Å². The van der Waals surface area contributed by atoms with Crippen LogP contribution >= 0.6 is 0 Å². The molecule has 0 saturated heterocycles. The number of para-hydroxylation sites is 1. The molecule has 21 heavy (non-hydrogen) atoms. The zero-order valence-corrected chi connectivity index (χ0v) is 12.2. The third kappa shape index (κ3) is 4.06. The van der Waals surface area contributed by atoms with Crippen LogP contribution in [0.15, 0.2) is 48.5 Å². The number of hydrogen-bond donors (Lipinski definition) is 0. The van der Waals surface area contributed by atoms with Crippen molar-refractivity contribution in [3.05, 3.63) is 65.5 Å². The summed E-state index contributed by atoms with van der Waals surface area (Å²) >= 11 is 0. The van der Waals surface area contributed by atoms with E-state index in [1.54, 1.807) is 6.07 Å². The van der Waals surface area contributed by atoms with Crippen molar-refractivity contribution in [2.45, 2.75) is 26.3 Å². The van der Waals surface area contributed by atoms with Gasteiger partial charge in [-0.05, 0) is 42.3 Å². The highest BCUT2D eigenvalue weighted by molar-refractivity contribution is 5.48. The van der Waals surface area contributed by atoms with E-state index in [0.29, 0.717) is 12.1 Å². The van der Waals surface area contributed by atoms with Crippen LogP contribution in [0.4, 0.5) is 10.1 Å². The molecule has 2 nitrogen and oxygen atoms in total. The Morgan fingerprint density at radius 1 is 1.14 bits per heavy atom. The Balaban J connectivity index is 2.27. The second-order valence-electron chi connectivity index (χ2n) is 5.02. The molecule has 2 aromatic rings. The maximum absolute atomic E-state index is 13.5. The fraction of sp³-hybridized carbons (Fsp3) is 0.278. The van der Waals surface area contributed by atoms with Crippen molar-refractivity contribution in [3.8, 4) is 6.07 Å². The Labute approximate surface area is 125 Å². The number of hydrogen-bond acceptors (Lipinski definition) is 2. The zero-order chi connectivity index (χ0) is 15.1. The van der Waals surface area contributed by atoms with Gasteiger partial charge in [0.05, 0.1) is 11.6 Å². The van der Waals surface area contributed by atoms with Gasteiger partial charge < -0.3 is 4.90 Å². The normalized spacial score (nSPS) is 10.1.